The number of likely N-dealkylation sites (tertiary alicyclic amines) is 1. The Hall–Kier alpha value is -4.33. The second kappa shape index (κ2) is 11.4. The van der Waals surface area contributed by atoms with E-state index in [0.29, 0.717) is 55.4 Å². The first-order chi connectivity index (χ1) is 17.5. The summed E-state index contributed by atoms with van der Waals surface area (Å²) in [5.41, 5.74) is 1.20. The van der Waals surface area contributed by atoms with Crippen molar-refractivity contribution in [1.82, 2.24) is 14.5 Å². The largest absolute Gasteiger partial charge is 0.507 e. The van der Waals surface area contributed by atoms with E-state index in [-0.39, 0.29) is 11.3 Å². The van der Waals surface area contributed by atoms with Crippen molar-refractivity contribution in [2.75, 3.05) is 19.8 Å². The molecular formula is C28H29N3O5. The lowest BCUT2D eigenvalue weighted by Gasteiger charge is -2.25. The zero-order chi connectivity index (χ0) is 25.5. The van der Waals surface area contributed by atoms with Gasteiger partial charge in [-0.3, -0.25) is 9.59 Å². The first-order valence-electron chi connectivity index (χ1n) is 11.8. The third-order valence-corrected chi connectivity index (χ3v) is 5.92. The quantitative estimate of drug-likeness (QED) is 0.187. The lowest BCUT2D eigenvalue weighted by atomic mass is 9.95. The first-order valence-corrected chi connectivity index (χ1v) is 11.8. The number of ketones is 1. The predicted molar refractivity (Wildman–Crippen MR) is 136 cm³/mol. The predicted octanol–water partition coefficient (Wildman–Crippen LogP) is 4.36. The number of carbonyl (C=O) groups excluding carboxylic acids is 2. The molecule has 0 unspecified atom stereocenters. The fourth-order valence-corrected chi connectivity index (χ4v) is 4.23. The van der Waals surface area contributed by atoms with Crippen molar-refractivity contribution in [1.29, 1.82) is 0 Å². The van der Waals surface area contributed by atoms with E-state index in [9.17, 15) is 14.7 Å². The molecule has 2 heterocycles. The topological polar surface area (TPSA) is 93.9 Å². The molecule has 36 heavy (non-hydrogen) atoms. The highest BCUT2D eigenvalue weighted by Gasteiger charge is 2.45. The average Bonchev–Trinajstić information content (AvgIpc) is 3.50. The SMILES string of the molecule is C=CCOc1ccc([C@H]2/C(=C(\O)c3ccc(OCC)cc3)C(=O)C(=O)N2CCCn2ccnc2)cc1. The highest BCUT2D eigenvalue weighted by atomic mass is 16.5. The number of hydrogen-bond donors (Lipinski definition) is 1. The number of aliphatic hydroxyl groups is 1. The number of aryl methyl sites for hydroxylation is 1. The molecule has 1 atom stereocenters. The molecule has 0 radical (unpaired) electrons. The number of carbonyl (C=O) groups is 2. The number of benzene rings is 2. The van der Waals surface area contributed by atoms with Crippen LogP contribution in [0.25, 0.3) is 5.76 Å². The fourth-order valence-electron chi connectivity index (χ4n) is 4.23. The highest BCUT2D eigenvalue weighted by Crippen LogP contribution is 2.40. The average molecular weight is 488 g/mol. The van der Waals surface area contributed by atoms with Crippen molar-refractivity contribution in [2.45, 2.75) is 25.9 Å². The van der Waals surface area contributed by atoms with Crippen molar-refractivity contribution < 1.29 is 24.2 Å². The lowest BCUT2D eigenvalue weighted by molar-refractivity contribution is -0.139. The van der Waals surface area contributed by atoms with Gasteiger partial charge >= 0.3 is 0 Å². The minimum atomic E-state index is -0.729. The van der Waals surface area contributed by atoms with Gasteiger partial charge in [-0.1, -0.05) is 24.8 Å². The van der Waals surface area contributed by atoms with Crippen LogP contribution in [0.3, 0.4) is 0 Å². The zero-order valence-electron chi connectivity index (χ0n) is 20.2. The van der Waals surface area contributed by atoms with Gasteiger partial charge in [0.1, 0.15) is 23.9 Å². The third-order valence-electron chi connectivity index (χ3n) is 5.92. The summed E-state index contributed by atoms with van der Waals surface area (Å²) in [5.74, 6) is -0.264. The van der Waals surface area contributed by atoms with E-state index in [2.05, 4.69) is 11.6 Å². The van der Waals surface area contributed by atoms with Crippen LogP contribution >= 0.6 is 0 Å². The number of imidazole rings is 1. The molecule has 0 saturated carbocycles. The van der Waals surface area contributed by atoms with Gasteiger partial charge in [-0.25, -0.2) is 4.98 Å². The number of rotatable bonds is 11. The summed E-state index contributed by atoms with van der Waals surface area (Å²) in [5, 5.41) is 11.2. The van der Waals surface area contributed by atoms with Crippen LogP contribution in [0.4, 0.5) is 0 Å². The molecule has 1 saturated heterocycles. The van der Waals surface area contributed by atoms with E-state index >= 15 is 0 Å². The highest BCUT2D eigenvalue weighted by molar-refractivity contribution is 6.46. The normalized spacial score (nSPS) is 16.8. The van der Waals surface area contributed by atoms with Crippen LogP contribution in [0.5, 0.6) is 11.5 Å². The summed E-state index contributed by atoms with van der Waals surface area (Å²) in [6, 6.07) is 13.2. The van der Waals surface area contributed by atoms with Gasteiger partial charge in [-0.05, 0) is 55.3 Å². The van der Waals surface area contributed by atoms with Crippen LogP contribution in [0.2, 0.25) is 0 Å². The Bertz CT molecular complexity index is 1230. The molecule has 2 aromatic carbocycles. The maximum absolute atomic E-state index is 13.2. The molecule has 3 aromatic rings. The van der Waals surface area contributed by atoms with E-state index in [0.717, 1.165) is 0 Å². The van der Waals surface area contributed by atoms with Crippen LogP contribution in [-0.4, -0.2) is 51.0 Å². The number of amides is 1. The van der Waals surface area contributed by atoms with Gasteiger partial charge < -0.3 is 24.0 Å². The Balaban J connectivity index is 1.69. The van der Waals surface area contributed by atoms with Gasteiger partial charge in [0.15, 0.2) is 0 Å². The standard InChI is InChI=1S/C28H29N3O5/c1-3-18-36-23-10-6-20(7-11-23)25-24(26(32)21-8-12-22(13-9-21)35-4-2)27(33)28(34)31(25)16-5-15-30-17-14-29-19-30/h3,6-14,17,19,25,32H,1,4-5,15-16,18H2,2H3/b26-24+/t25-/m0/s1. The number of Topliss-reactive ketones (excluding diaryl/α,β-unsaturated/α-hetero) is 1. The first kappa shape index (κ1) is 24.8. The number of nitrogens with zero attached hydrogens (tertiary/aromatic N) is 3. The maximum atomic E-state index is 13.2. The molecule has 8 nitrogen and oxygen atoms in total. The van der Waals surface area contributed by atoms with Gasteiger partial charge in [0.2, 0.25) is 0 Å². The third kappa shape index (κ3) is 5.33. The molecule has 8 heteroatoms. The van der Waals surface area contributed by atoms with Crippen molar-refractivity contribution in [3.05, 3.63) is 96.6 Å². The molecule has 4 rings (SSSR count). The van der Waals surface area contributed by atoms with E-state index in [1.165, 1.54) is 4.90 Å². The van der Waals surface area contributed by atoms with E-state index in [4.69, 9.17) is 9.47 Å². The summed E-state index contributed by atoms with van der Waals surface area (Å²) in [6.07, 6.45) is 7.52. The summed E-state index contributed by atoms with van der Waals surface area (Å²) in [7, 11) is 0. The molecule has 1 N–H and O–H groups in total. The summed E-state index contributed by atoms with van der Waals surface area (Å²) in [4.78, 5) is 31.9. The Morgan fingerprint density at radius 3 is 2.39 bits per heavy atom. The molecular weight excluding hydrogens is 458 g/mol. The Morgan fingerprint density at radius 1 is 1.06 bits per heavy atom. The second-order valence-corrected chi connectivity index (χ2v) is 8.27. The summed E-state index contributed by atoms with van der Waals surface area (Å²) < 4.78 is 13.0. The second-order valence-electron chi connectivity index (χ2n) is 8.27. The van der Waals surface area contributed by atoms with Crippen molar-refractivity contribution in [3.8, 4) is 11.5 Å². The summed E-state index contributed by atoms with van der Waals surface area (Å²) >= 11 is 0. The van der Waals surface area contributed by atoms with Crippen LogP contribution < -0.4 is 9.47 Å². The minimum absolute atomic E-state index is 0.0616. The smallest absolute Gasteiger partial charge is 0.295 e. The number of aromatic nitrogens is 2. The van der Waals surface area contributed by atoms with Gasteiger partial charge in [-0.2, -0.15) is 0 Å². The molecule has 0 aliphatic carbocycles. The van der Waals surface area contributed by atoms with Crippen LogP contribution in [0.1, 0.15) is 30.5 Å². The van der Waals surface area contributed by atoms with Gasteiger partial charge in [0.25, 0.3) is 11.7 Å². The van der Waals surface area contributed by atoms with Crippen molar-refractivity contribution in [2.24, 2.45) is 0 Å². The van der Waals surface area contributed by atoms with Crippen LogP contribution in [-0.2, 0) is 16.1 Å². The van der Waals surface area contributed by atoms with Gasteiger partial charge in [0, 0.05) is 31.0 Å². The molecule has 0 bridgehead atoms. The van der Waals surface area contributed by atoms with Gasteiger partial charge in [0.05, 0.1) is 24.5 Å². The monoisotopic (exact) mass is 487 g/mol. The van der Waals surface area contributed by atoms with E-state index in [1.807, 2.05) is 29.8 Å². The molecule has 0 spiro atoms. The molecule has 1 amide bonds. The molecule has 1 fully saturated rings. The number of ether oxygens (including phenoxy) is 2. The minimum Gasteiger partial charge on any atom is -0.507 e. The van der Waals surface area contributed by atoms with Crippen LogP contribution in [0.15, 0.2) is 85.5 Å². The maximum Gasteiger partial charge on any atom is 0.295 e. The van der Waals surface area contributed by atoms with Crippen molar-refractivity contribution in [3.63, 3.8) is 0 Å². The Morgan fingerprint density at radius 2 is 1.75 bits per heavy atom. The zero-order valence-corrected chi connectivity index (χ0v) is 20.2. The number of aliphatic hydroxyl groups excluding tert-OH is 1. The fraction of sp³-hybridized carbons (Fsp3) is 0.250. The molecule has 1 aliphatic heterocycles. The lowest BCUT2D eigenvalue weighted by Crippen LogP contribution is -2.31. The van der Waals surface area contributed by atoms with Gasteiger partial charge in [-0.15, -0.1) is 0 Å². The van der Waals surface area contributed by atoms with E-state index < -0.39 is 17.7 Å². The van der Waals surface area contributed by atoms with Crippen molar-refractivity contribution >= 4 is 17.4 Å². The van der Waals surface area contributed by atoms with E-state index in [1.54, 1.807) is 55.0 Å². The molecule has 186 valence electrons. The molecule has 1 aliphatic rings. The van der Waals surface area contributed by atoms with Crippen LogP contribution in [0, 0.1) is 0 Å². The Labute approximate surface area is 210 Å². The Kier molecular flexibility index (Phi) is 7.85. The number of hydrogen-bond acceptors (Lipinski definition) is 6. The molecule has 1 aromatic heterocycles. The summed E-state index contributed by atoms with van der Waals surface area (Å²) in [6.45, 7) is 7.39.